The molecule has 1 heterocycles. The molecular formula is C17H21FN2O3. The summed E-state index contributed by atoms with van der Waals surface area (Å²) in [7, 11) is 0. The van der Waals surface area contributed by atoms with E-state index < -0.39 is 11.4 Å². The molecule has 0 bridgehead atoms. The summed E-state index contributed by atoms with van der Waals surface area (Å²) in [6.45, 7) is 6.93. The molecule has 23 heavy (non-hydrogen) atoms. The highest BCUT2D eigenvalue weighted by atomic mass is 19.1. The monoisotopic (exact) mass is 320 g/mol. The molecule has 0 fully saturated rings. The normalized spacial score (nSPS) is 12.6. The van der Waals surface area contributed by atoms with E-state index in [0.29, 0.717) is 30.0 Å². The van der Waals surface area contributed by atoms with Crippen LogP contribution in [0, 0.1) is 11.7 Å². The predicted molar refractivity (Wildman–Crippen MR) is 87.1 cm³/mol. The van der Waals surface area contributed by atoms with Gasteiger partial charge in [-0.05, 0) is 31.0 Å². The van der Waals surface area contributed by atoms with Crippen LogP contribution in [0.2, 0.25) is 0 Å². The summed E-state index contributed by atoms with van der Waals surface area (Å²) in [5.41, 5.74) is 0.0720. The molecule has 124 valence electrons. The topological polar surface area (TPSA) is 71.2 Å². The lowest BCUT2D eigenvalue weighted by Gasteiger charge is -2.16. The van der Waals surface area contributed by atoms with Crippen LogP contribution in [0.15, 0.2) is 29.1 Å². The molecule has 1 aromatic heterocycles. The molecule has 6 heteroatoms. The Balaban J connectivity index is 2.16. The number of benzene rings is 1. The van der Waals surface area contributed by atoms with Gasteiger partial charge >= 0.3 is 0 Å². The van der Waals surface area contributed by atoms with Crippen LogP contribution in [0.4, 0.5) is 4.39 Å². The molecule has 2 N–H and O–H groups in total. The minimum Gasteiger partial charge on any atom is -0.379 e. The molecule has 0 saturated heterocycles. The maximum absolute atomic E-state index is 13.3. The molecule has 0 saturated carbocycles. The molecule has 5 nitrogen and oxygen atoms in total. The number of amides is 1. The van der Waals surface area contributed by atoms with Crippen LogP contribution < -0.4 is 10.9 Å². The fourth-order valence-electron chi connectivity index (χ4n) is 2.24. The van der Waals surface area contributed by atoms with E-state index >= 15 is 0 Å². The van der Waals surface area contributed by atoms with E-state index in [9.17, 15) is 14.0 Å². The van der Waals surface area contributed by atoms with Gasteiger partial charge in [-0.2, -0.15) is 0 Å². The zero-order chi connectivity index (χ0) is 17.0. The van der Waals surface area contributed by atoms with Gasteiger partial charge in [0.25, 0.3) is 5.91 Å². The number of rotatable bonds is 6. The molecule has 0 aliphatic carbocycles. The van der Waals surface area contributed by atoms with Gasteiger partial charge in [-0.25, -0.2) is 4.39 Å². The number of nitrogens with one attached hydrogen (secondary N) is 2. The van der Waals surface area contributed by atoms with Gasteiger partial charge < -0.3 is 15.0 Å². The summed E-state index contributed by atoms with van der Waals surface area (Å²) in [5.74, 6) is -0.432. The van der Waals surface area contributed by atoms with Gasteiger partial charge in [0.2, 0.25) is 5.56 Å². The standard InChI is InChI=1S/C17H21FN2O3/c1-10(2)8-23-9-11(3)19-17(22)14-7-16(21)20-15-6-12(18)4-5-13(14)15/h4-7,10-11H,8-9H2,1-3H3,(H,19,22)(H,20,21). The minimum atomic E-state index is -0.471. The van der Waals surface area contributed by atoms with Crippen molar-refractivity contribution >= 4 is 16.8 Å². The van der Waals surface area contributed by atoms with Gasteiger partial charge in [0.05, 0.1) is 17.7 Å². The molecule has 1 aromatic carbocycles. The molecule has 1 unspecified atom stereocenters. The summed E-state index contributed by atoms with van der Waals surface area (Å²) in [5, 5.41) is 3.29. The van der Waals surface area contributed by atoms with E-state index in [0.717, 1.165) is 0 Å². The van der Waals surface area contributed by atoms with E-state index in [1.807, 2.05) is 20.8 Å². The van der Waals surface area contributed by atoms with E-state index in [4.69, 9.17) is 4.74 Å². The van der Waals surface area contributed by atoms with Crippen LogP contribution in [0.3, 0.4) is 0 Å². The number of aromatic nitrogens is 1. The number of aromatic amines is 1. The molecule has 2 rings (SSSR count). The lowest BCUT2D eigenvalue weighted by molar-refractivity contribution is 0.0793. The zero-order valence-electron chi connectivity index (χ0n) is 13.5. The number of hydrogen-bond acceptors (Lipinski definition) is 3. The number of pyridine rings is 1. The number of hydrogen-bond donors (Lipinski definition) is 2. The number of fused-ring (bicyclic) bond motifs is 1. The fourth-order valence-corrected chi connectivity index (χ4v) is 2.24. The van der Waals surface area contributed by atoms with Crippen molar-refractivity contribution in [2.75, 3.05) is 13.2 Å². The third-order valence-electron chi connectivity index (χ3n) is 3.25. The second kappa shape index (κ2) is 7.37. The van der Waals surface area contributed by atoms with Crippen LogP contribution in [0.25, 0.3) is 10.9 Å². The van der Waals surface area contributed by atoms with E-state index in [2.05, 4.69) is 10.3 Å². The van der Waals surface area contributed by atoms with Crippen molar-refractivity contribution in [3.05, 3.63) is 46.0 Å². The second-order valence-corrected chi connectivity index (χ2v) is 6.04. The molecule has 0 aliphatic heterocycles. The van der Waals surface area contributed by atoms with Crippen LogP contribution in [-0.2, 0) is 4.74 Å². The van der Waals surface area contributed by atoms with Crippen molar-refractivity contribution in [3.8, 4) is 0 Å². The third-order valence-corrected chi connectivity index (χ3v) is 3.25. The Morgan fingerprint density at radius 1 is 1.26 bits per heavy atom. The van der Waals surface area contributed by atoms with Gasteiger partial charge in [0.1, 0.15) is 5.82 Å². The van der Waals surface area contributed by atoms with Crippen molar-refractivity contribution in [2.24, 2.45) is 5.92 Å². The van der Waals surface area contributed by atoms with Crippen molar-refractivity contribution in [1.29, 1.82) is 0 Å². The lowest BCUT2D eigenvalue weighted by Crippen LogP contribution is -2.36. The first-order valence-corrected chi connectivity index (χ1v) is 7.58. The van der Waals surface area contributed by atoms with Gasteiger partial charge in [0.15, 0.2) is 0 Å². The number of carbonyl (C=O) groups is 1. The quantitative estimate of drug-likeness (QED) is 0.859. The highest BCUT2D eigenvalue weighted by molar-refractivity contribution is 6.06. The van der Waals surface area contributed by atoms with Crippen molar-refractivity contribution in [2.45, 2.75) is 26.8 Å². The number of H-pyrrole nitrogens is 1. The summed E-state index contributed by atoms with van der Waals surface area (Å²) in [6.07, 6.45) is 0. The van der Waals surface area contributed by atoms with Gasteiger partial charge in [-0.15, -0.1) is 0 Å². The molecule has 2 aromatic rings. The number of halogens is 1. The van der Waals surface area contributed by atoms with Crippen molar-refractivity contribution in [1.82, 2.24) is 10.3 Å². The second-order valence-electron chi connectivity index (χ2n) is 6.04. The third kappa shape index (κ3) is 4.63. The maximum atomic E-state index is 13.3. The molecular weight excluding hydrogens is 299 g/mol. The first-order valence-electron chi connectivity index (χ1n) is 7.58. The average Bonchev–Trinajstić information content (AvgIpc) is 2.45. The Labute approximate surface area is 133 Å². The Kier molecular flexibility index (Phi) is 5.50. The van der Waals surface area contributed by atoms with Crippen molar-refractivity contribution in [3.63, 3.8) is 0 Å². The Bertz CT molecular complexity index is 755. The smallest absolute Gasteiger partial charge is 0.252 e. The molecule has 0 spiro atoms. The Morgan fingerprint density at radius 2 is 2.00 bits per heavy atom. The summed E-state index contributed by atoms with van der Waals surface area (Å²) >= 11 is 0. The SMILES string of the molecule is CC(C)COCC(C)NC(=O)c1cc(=O)[nH]c2cc(F)ccc12. The van der Waals surface area contributed by atoms with Crippen LogP contribution in [0.5, 0.6) is 0 Å². The van der Waals surface area contributed by atoms with Crippen LogP contribution in [0.1, 0.15) is 31.1 Å². The summed E-state index contributed by atoms with van der Waals surface area (Å²) in [6, 6.07) is 4.96. The highest BCUT2D eigenvalue weighted by Crippen LogP contribution is 2.16. The molecule has 1 amide bonds. The Morgan fingerprint density at radius 3 is 2.70 bits per heavy atom. The average molecular weight is 320 g/mol. The van der Waals surface area contributed by atoms with E-state index in [1.165, 1.54) is 24.3 Å². The van der Waals surface area contributed by atoms with Gasteiger partial charge in [-0.1, -0.05) is 13.8 Å². The van der Waals surface area contributed by atoms with E-state index in [1.54, 1.807) is 0 Å². The van der Waals surface area contributed by atoms with Crippen molar-refractivity contribution < 1.29 is 13.9 Å². The van der Waals surface area contributed by atoms with Crippen LogP contribution in [-0.4, -0.2) is 30.1 Å². The first kappa shape index (κ1) is 17.1. The zero-order valence-corrected chi connectivity index (χ0v) is 13.5. The molecule has 0 aliphatic rings. The Hall–Kier alpha value is -2.21. The van der Waals surface area contributed by atoms with Crippen LogP contribution >= 0.6 is 0 Å². The largest absolute Gasteiger partial charge is 0.379 e. The molecule has 0 radical (unpaired) electrons. The molecule has 1 atom stereocenters. The fraction of sp³-hybridized carbons (Fsp3) is 0.412. The van der Waals surface area contributed by atoms with Gasteiger partial charge in [0, 0.05) is 24.1 Å². The highest BCUT2D eigenvalue weighted by Gasteiger charge is 2.15. The minimum absolute atomic E-state index is 0.198. The number of ether oxygens (including phenoxy) is 1. The predicted octanol–water partition coefficient (Wildman–Crippen LogP) is 2.46. The van der Waals surface area contributed by atoms with Gasteiger partial charge in [-0.3, -0.25) is 9.59 Å². The maximum Gasteiger partial charge on any atom is 0.252 e. The lowest BCUT2D eigenvalue weighted by atomic mass is 10.1. The number of carbonyl (C=O) groups excluding carboxylic acids is 1. The summed E-state index contributed by atoms with van der Waals surface area (Å²) in [4.78, 5) is 26.6. The van der Waals surface area contributed by atoms with E-state index in [-0.39, 0.29) is 17.5 Å². The summed E-state index contributed by atoms with van der Waals surface area (Å²) < 4.78 is 18.8. The first-order chi connectivity index (χ1) is 10.9.